The van der Waals surface area contributed by atoms with Crippen molar-refractivity contribution < 1.29 is 19.1 Å². The highest BCUT2D eigenvalue weighted by atomic mass is 35.5. The zero-order valence-electron chi connectivity index (χ0n) is 12.3. The molecule has 1 fully saturated rings. The van der Waals surface area contributed by atoms with E-state index in [1.807, 2.05) is 0 Å². The third kappa shape index (κ3) is 4.24. The van der Waals surface area contributed by atoms with Crippen molar-refractivity contribution >= 4 is 35.1 Å². The first-order chi connectivity index (χ1) is 11.0. The van der Waals surface area contributed by atoms with Crippen molar-refractivity contribution in [1.82, 2.24) is 5.32 Å². The van der Waals surface area contributed by atoms with Gasteiger partial charge in [-0.1, -0.05) is 17.5 Å². The lowest BCUT2D eigenvalue weighted by atomic mass is 10.2. The summed E-state index contributed by atoms with van der Waals surface area (Å²) in [7, 11) is 0. The van der Waals surface area contributed by atoms with Crippen LogP contribution in [0.3, 0.4) is 0 Å². The standard InChI is InChI=1S/C16H15ClN2O4/c1-2-7-18-14(20)10-23-16(22)11-5-6-12(17)13(9-11)19-8-3-4-15(19)21/h1,5-6,9H,3-4,7-8,10H2,(H,18,20). The van der Waals surface area contributed by atoms with Gasteiger partial charge in [-0.05, 0) is 24.6 Å². The number of halogens is 1. The van der Waals surface area contributed by atoms with Crippen LogP contribution < -0.4 is 10.2 Å². The first kappa shape index (κ1) is 16.8. The van der Waals surface area contributed by atoms with Crippen molar-refractivity contribution in [3.8, 4) is 12.3 Å². The number of esters is 1. The van der Waals surface area contributed by atoms with E-state index in [2.05, 4.69) is 11.2 Å². The minimum atomic E-state index is -0.676. The number of hydrogen-bond acceptors (Lipinski definition) is 4. The second-order valence-electron chi connectivity index (χ2n) is 4.87. The molecule has 0 aromatic heterocycles. The predicted molar refractivity (Wildman–Crippen MR) is 85.2 cm³/mol. The monoisotopic (exact) mass is 334 g/mol. The van der Waals surface area contributed by atoms with Gasteiger partial charge in [0, 0.05) is 13.0 Å². The molecule has 120 valence electrons. The number of hydrogen-bond donors (Lipinski definition) is 1. The molecule has 0 radical (unpaired) electrons. The van der Waals surface area contributed by atoms with E-state index in [1.54, 1.807) is 4.90 Å². The van der Waals surface area contributed by atoms with E-state index in [1.165, 1.54) is 18.2 Å². The van der Waals surface area contributed by atoms with Crippen LogP contribution in [0.15, 0.2) is 18.2 Å². The van der Waals surface area contributed by atoms with Crippen molar-refractivity contribution in [2.24, 2.45) is 0 Å². The lowest BCUT2D eigenvalue weighted by Crippen LogP contribution is -2.29. The Bertz CT molecular complexity index is 681. The van der Waals surface area contributed by atoms with Crippen LogP contribution in [-0.4, -0.2) is 37.5 Å². The highest BCUT2D eigenvalue weighted by molar-refractivity contribution is 6.34. The first-order valence-corrected chi connectivity index (χ1v) is 7.38. The highest BCUT2D eigenvalue weighted by Crippen LogP contribution is 2.30. The van der Waals surface area contributed by atoms with Gasteiger partial charge < -0.3 is 15.0 Å². The van der Waals surface area contributed by atoms with Crippen LogP contribution in [-0.2, 0) is 14.3 Å². The number of rotatable bonds is 5. The number of amides is 2. The third-order valence-electron chi connectivity index (χ3n) is 3.27. The van der Waals surface area contributed by atoms with E-state index in [-0.39, 0.29) is 18.0 Å². The molecule has 1 heterocycles. The van der Waals surface area contributed by atoms with E-state index in [0.29, 0.717) is 23.7 Å². The minimum absolute atomic E-state index is 0.0360. The number of terminal acetylenes is 1. The molecular formula is C16H15ClN2O4. The van der Waals surface area contributed by atoms with Gasteiger partial charge >= 0.3 is 5.97 Å². The summed E-state index contributed by atoms with van der Waals surface area (Å²) in [6.07, 6.45) is 6.22. The molecule has 1 aliphatic rings. The number of ether oxygens (including phenoxy) is 1. The van der Waals surface area contributed by atoms with Gasteiger partial charge in [0.25, 0.3) is 5.91 Å². The van der Waals surface area contributed by atoms with Crippen molar-refractivity contribution in [2.45, 2.75) is 12.8 Å². The van der Waals surface area contributed by atoms with E-state index in [4.69, 9.17) is 22.8 Å². The zero-order chi connectivity index (χ0) is 16.8. The van der Waals surface area contributed by atoms with Crippen LogP contribution in [0, 0.1) is 12.3 Å². The van der Waals surface area contributed by atoms with Crippen molar-refractivity contribution in [3.05, 3.63) is 28.8 Å². The molecule has 0 bridgehead atoms. The number of nitrogens with zero attached hydrogens (tertiary/aromatic N) is 1. The molecule has 1 N–H and O–H groups in total. The van der Waals surface area contributed by atoms with Crippen molar-refractivity contribution in [3.63, 3.8) is 0 Å². The number of carbonyl (C=O) groups excluding carboxylic acids is 3. The molecule has 2 amide bonds. The molecule has 0 aliphatic carbocycles. The fourth-order valence-corrected chi connectivity index (χ4v) is 2.38. The van der Waals surface area contributed by atoms with Crippen LogP contribution in [0.25, 0.3) is 0 Å². The molecule has 1 aromatic carbocycles. The SMILES string of the molecule is C#CCNC(=O)COC(=O)c1ccc(Cl)c(N2CCCC2=O)c1. The maximum Gasteiger partial charge on any atom is 0.338 e. The molecule has 2 rings (SSSR count). The Morgan fingerprint density at radius 2 is 2.22 bits per heavy atom. The number of nitrogens with one attached hydrogen (secondary N) is 1. The summed E-state index contributed by atoms with van der Waals surface area (Å²) in [5.41, 5.74) is 0.689. The molecular weight excluding hydrogens is 320 g/mol. The molecule has 1 aliphatic heterocycles. The molecule has 0 spiro atoms. The fourth-order valence-electron chi connectivity index (χ4n) is 2.16. The van der Waals surface area contributed by atoms with E-state index in [0.717, 1.165) is 6.42 Å². The normalized spacial score (nSPS) is 13.6. The Morgan fingerprint density at radius 1 is 1.43 bits per heavy atom. The summed E-state index contributed by atoms with van der Waals surface area (Å²) in [5, 5.41) is 2.76. The Hall–Kier alpha value is -2.52. The topological polar surface area (TPSA) is 75.7 Å². The summed E-state index contributed by atoms with van der Waals surface area (Å²) in [4.78, 5) is 36.7. The van der Waals surface area contributed by atoms with Gasteiger partial charge in [-0.2, -0.15) is 0 Å². The van der Waals surface area contributed by atoms with Crippen LogP contribution in [0.5, 0.6) is 0 Å². The number of anilines is 1. The molecule has 7 heteroatoms. The summed E-state index contributed by atoms with van der Waals surface area (Å²) in [6, 6.07) is 4.50. The average molecular weight is 335 g/mol. The molecule has 0 unspecified atom stereocenters. The fraction of sp³-hybridized carbons (Fsp3) is 0.312. The van der Waals surface area contributed by atoms with Gasteiger partial charge in [0.05, 0.1) is 22.8 Å². The summed E-state index contributed by atoms with van der Waals surface area (Å²) >= 11 is 6.10. The molecule has 0 atom stereocenters. The van der Waals surface area contributed by atoms with Gasteiger partial charge in [-0.15, -0.1) is 6.42 Å². The smallest absolute Gasteiger partial charge is 0.338 e. The predicted octanol–water partition coefficient (Wildman–Crippen LogP) is 1.37. The lowest BCUT2D eigenvalue weighted by Gasteiger charge is -2.18. The molecule has 1 saturated heterocycles. The molecule has 1 aromatic rings. The number of benzene rings is 1. The Kier molecular flexibility index (Phi) is 5.61. The minimum Gasteiger partial charge on any atom is -0.452 e. The van der Waals surface area contributed by atoms with Gasteiger partial charge in [-0.3, -0.25) is 9.59 Å². The van der Waals surface area contributed by atoms with Crippen molar-refractivity contribution in [1.29, 1.82) is 0 Å². The third-order valence-corrected chi connectivity index (χ3v) is 3.59. The quantitative estimate of drug-likeness (QED) is 0.652. The van der Waals surface area contributed by atoms with Crippen LogP contribution in [0.1, 0.15) is 23.2 Å². The summed E-state index contributed by atoms with van der Waals surface area (Å²) in [5.74, 6) is 1.04. The van der Waals surface area contributed by atoms with Gasteiger partial charge in [0.15, 0.2) is 6.61 Å². The maximum absolute atomic E-state index is 12.0. The van der Waals surface area contributed by atoms with E-state index >= 15 is 0 Å². The summed E-state index contributed by atoms with van der Waals surface area (Å²) < 4.78 is 4.91. The van der Waals surface area contributed by atoms with Gasteiger partial charge in [0.1, 0.15) is 0 Å². The Balaban J connectivity index is 2.05. The molecule has 6 nitrogen and oxygen atoms in total. The van der Waals surface area contributed by atoms with E-state index < -0.39 is 18.5 Å². The van der Waals surface area contributed by atoms with Crippen LogP contribution in [0.2, 0.25) is 5.02 Å². The molecule has 23 heavy (non-hydrogen) atoms. The average Bonchev–Trinajstić information content (AvgIpc) is 2.97. The van der Waals surface area contributed by atoms with E-state index in [9.17, 15) is 14.4 Å². The number of carbonyl (C=O) groups is 3. The first-order valence-electron chi connectivity index (χ1n) is 7.00. The Labute approximate surface area is 138 Å². The Morgan fingerprint density at radius 3 is 2.87 bits per heavy atom. The second-order valence-corrected chi connectivity index (χ2v) is 5.28. The lowest BCUT2D eigenvalue weighted by molar-refractivity contribution is -0.124. The largest absolute Gasteiger partial charge is 0.452 e. The molecule has 0 saturated carbocycles. The second kappa shape index (κ2) is 7.65. The van der Waals surface area contributed by atoms with Crippen molar-refractivity contribution in [2.75, 3.05) is 24.6 Å². The van der Waals surface area contributed by atoms with Gasteiger partial charge in [0.2, 0.25) is 5.91 Å². The maximum atomic E-state index is 12.0. The zero-order valence-corrected chi connectivity index (χ0v) is 13.1. The van der Waals surface area contributed by atoms with Crippen LogP contribution in [0.4, 0.5) is 5.69 Å². The highest BCUT2D eigenvalue weighted by Gasteiger charge is 2.24. The van der Waals surface area contributed by atoms with Crippen LogP contribution >= 0.6 is 11.6 Å². The summed E-state index contributed by atoms with van der Waals surface area (Å²) in [6.45, 7) is 0.200. The van der Waals surface area contributed by atoms with Gasteiger partial charge in [-0.25, -0.2) is 4.79 Å².